The molecule has 0 aliphatic heterocycles. The summed E-state index contributed by atoms with van der Waals surface area (Å²) < 4.78 is 5.20. The van der Waals surface area contributed by atoms with Gasteiger partial charge in [0.1, 0.15) is 11.9 Å². The summed E-state index contributed by atoms with van der Waals surface area (Å²) in [5.74, 6) is 0.464. The van der Waals surface area contributed by atoms with Crippen LogP contribution in [0.4, 0.5) is 0 Å². The predicted molar refractivity (Wildman–Crippen MR) is 79.9 cm³/mol. The normalized spacial score (nSPS) is 12.5. The van der Waals surface area contributed by atoms with Crippen LogP contribution < -0.4 is 0 Å². The van der Waals surface area contributed by atoms with Crippen LogP contribution >= 0.6 is 22.9 Å². The highest BCUT2D eigenvalue weighted by Crippen LogP contribution is 2.27. The number of benzene rings is 1. The van der Waals surface area contributed by atoms with Crippen molar-refractivity contribution in [3.8, 4) is 11.3 Å². The molecule has 0 spiro atoms. The van der Waals surface area contributed by atoms with E-state index in [-0.39, 0.29) is 5.22 Å². The van der Waals surface area contributed by atoms with E-state index < -0.39 is 6.10 Å². The summed E-state index contributed by atoms with van der Waals surface area (Å²) in [5.41, 5.74) is 2.00. The SMILES string of the molecule is OC(Cc1nc(-c2ccccc2)cs1)c1ccc(Cl)o1. The molecule has 3 rings (SSSR count). The predicted octanol–water partition coefficient (Wildman–Crippen LogP) is 4.33. The Kier molecular flexibility index (Phi) is 3.87. The highest BCUT2D eigenvalue weighted by Gasteiger charge is 2.15. The number of thiazole rings is 1. The Morgan fingerprint density at radius 1 is 1.20 bits per heavy atom. The molecule has 1 aromatic carbocycles. The fraction of sp³-hybridized carbons (Fsp3) is 0.133. The largest absolute Gasteiger partial charge is 0.447 e. The summed E-state index contributed by atoms with van der Waals surface area (Å²) in [6.07, 6.45) is -0.307. The van der Waals surface area contributed by atoms with Crippen molar-refractivity contribution in [1.29, 1.82) is 0 Å². The van der Waals surface area contributed by atoms with Crippen LogP contribution in [0.15, 0.2) is 52.3 Å². The topological polar surface area (TPSA) is 46.3 Å². The molecule has 0 bridgehead atoms. The molecule has 5 heteroatoms. The van der Waals surface area contributed by atoms with Crippen LogP contribution in [-0.4, -0.2) is 10.1 Å². The number of halogens is 1. The zero-order chi connectivity index (χ0) is 13.9. The van der Waals surface area contributed by atoms with Gasteiger partial charge in [-0.05, 0) is 23.7 Å². The Balaban J connectivity index is 1.74. The van der Waals surface area contributed by atoms with Gasteiger partial charge in [-0.1, -0.05) is 30.3 Å². The third-order valence-electron chi connectivity index (χ3n) is 2.91. The van der Waals surface area contributed by atoms with E-state index in [0.29, 0.717) is 12.2 Å². The van der Waals surface area contributed by atoms with E-state index in [1.165, 1.54) is 11.3 Å². The zero-order valence-corrected chi connectivity index (χ0v) is 12.1. The second-order valence-electron chi connectivity index (χ2n) is 4.35. The van der Waals surface area contributed by atoms with Crippen molar-refractivity contribution < 1.29 is 9.52 Å². The average Bonchev–Trinajstić information content (AvgIpc) is 3.09. The van der Waals surface area contributed by atoms with Crippen molar-refractivity contribution in [2.75, 3.05) is 0 Å². The van der Waals surface area contributed by atoms with Crippen molar-refractivity contribution in [2.45, 2.75) is 12.5 Å². The van der Waals surface area contributed by atoms with E-state index in [4.69, 9.17) is 16.0 Å². The van der Waals surface area contributed by atoms with Crippen molar-refractivity contribution in [3.05, 3.63) is 63.8 Å². The summed E-state index contributed by atoms with van der Waals surface area (Å²) in [5, 5.41) is 13.2. The summed E-state index contributed by atoms with van der Waals surface area (Å²) in [7, 11) is 0. The molecule has 0 aliphatic rings. The fourth-order valence-electron chi connectivity index (χ4n) is 1.92. The van der Waals surface area contributed by atoms with Gasteiger partial charge in [0.25, 0.3) is 0 Å². The van der Waals surface area contributed by atoms with Gasteiger partial charge in [-0.2, -0.15) is 0 Å². The third-order valence-corrected chi connectivity index (χ3v) is 3.99. The summed E-state index contributed by atoms with van der Waals surface area (Å²) in [6, 6.07) is 13.3. The van der Waals surface area contributed by atoms with Gasteiger partial charge < -0.3 is 9.52 Å². The average molecular weight is 306 g/mol. The van der Waals surface area contributed by atoms with Crippen LogP contribution in [0.3, 0.4) is 0 Å². The van der Waals surface area contributed by atoms with E-state index in [9.17, 15) is 5.11 Å². The first-order valence-corrected chi connectivity index (χ1v) is 7.41. The van der Waals surface area contributed by atoms with Crippen molar-refractivity contribution in [1.82, 2.24) is 4.98 Å². The van der Waals surface area contributed by atoms with Crippen LogP contribution in [0.25, 0.3) is 11.3 Å². The van der Waals surface area contributed by atoms with Crippen LogP contribution in [0.2, 0.25) is 5.22 Å². The maximum Gasteiger partial charge on any atom is 0.193 e. The summed E-state index contributed by atoms with van der Waals surface area (Å²) in [6.45, 7) is 0. The second kappa shape index (κ2) is 5.79. The number of hydrogen-bond acceptors (Lipinski definition) is 4. The lowest BCUT2D eigenvalue weighted by Crippen LogP contribution is -1.99. The molecule has 0 saturated heterocycles. The van der Waals surface area contributed by atoms with E-state index in [1.807, 2.05) is 35.7 Å². The van der Waals surface area contributed by atoms with Crippen LogP contribution in [0.5, 0.6) is 0 Å². The van der Waals surface area contributed by atoms with Gasteiger partial charge in [-0.3, -0.25) is 0 Å². The van der Waals surface area contributed by atoms with Gasteiger partial charge in [-0.15, -0.1) is 11.3 Å². The van der Waals surface area contributed by atoms with Gasteiger partial charge in [0.2, 0.25) is 0 Å². The van der Waals surface area contributed by atoms with E-state index in [2.05, 4.69) is 4.98 Å². The van der Waals surface area contributed by atoms with Crippen molar-refractivity contribution in [2.24, 2.45) is 0 Å². The van der Waals surface area contributed by atoms with Gasteiger partial charge in [0.15, 0.2) is 5.22 Å². The molecule has 0 saturated carbocycles. The monoisotopic (exact) mass is 305 g/mol. The van der Waals surface area contributed by atoms with Gasteiger partial charge in [-0.25, -0.2) is 4.98 Å². The Bertz CT molecular complexity index is 693. The summed E-state index contributed by atoms with van der Waals surface area (Å²) in [4.78, 5) is 4.54. The molecule has 0 radical (unpaired) electrons. The number of rotatable bonds is 4. The molecule has 2 heterocycles. The first kappa shape index (κ1) is 13.4. The minimum absolute atomic E-state index is 0.281. The summed E-state index contributed by atoms with van der Waals surface area (Å²) >= 11 is 7.23. The molecule has 0 aliphatic carbocycles. The molecule has 2 aromatic heterocycles. The molecule has 1 N–H and O–H groups in total. The number of aliphatic hydroxyl groups is 1. The first-order chi connectivity index (χ1) is 9.72. The molecule has 20 heavy (non-hydrogen) atoms. The molecule has 3 aromatic rings. The standard InChI is InChI=1S/C15H12ClNO2S/c16-14-7-6-13(19-14)12(18)8-15-17-11(9-20-15)10-4-2-1-3-5-10/h1-7,9,12,18H,8H2. The van der Waals surface area contributed by atoms with Crippen LogP contribution in [0, 0.1) is 0 Å². The molecular formula is C15H12ClNO2S. The second-order valence-corrected chi connectivity index (χ2v) is 5.67. The highest BCUT2D eigenvalue weighted by atomic mass is 35.5. The quantitative estimate of drug-likeness (QED) is 0.780. The van der Waals surface area contributed by atoms with Crippen molar-refractivity contribution in [3.63, 3.8) is 0 Å². The number of hydrogen-bond donors (Lipinski definition) is 1. The highest BCUT2D eigenvalue weighted by molar-refractivity contribution is 7.09. The van der Waals surface area contributed by atoms with Crippen LogP contribution in [0.1, 0.15) is 16.9 Å². The van der Waals surface area contributed by atoms with E-state index >= 15 is 0 Å². The third kappa shape index (κ3) is 2.93. The molecule has 1 atom stereocenters. The Morgan fingerprint density at radius 2 is 2.00 bits per heavy atom. The smallest absolute Gasteiger partial charge is 0.193 e. The fourth-order valence-corrected chi connectivity index (χ4v) is 2.91. The minimum atomic E-state index is -0.725. The van der Waals surface area contributed by atoms with Gasteiger partial charge >= 0.3 is 0 Å². The lowest BCUT2D eigenvalue weighted by molar-refractivity contribution is 0.150. The molecule has 0 fully saturated rings. The number of aliphatic hydroxyl groups excluding tert-OH is 1. The zero-order valence-electron chi connectivity index (χ0n) is 10.5. The molecule has 3 nitrogen and oxygen atoms in total. The Hall–Kier alpha value is -1.62. The van der Waals surface area contributed by atoms with Gasteiger partial charge in [0.05, 0.1) is 10.7 Å². The Morgan fingerprint density at radius 3 is 2.70 bits per heavy atom. The minimum Gasteiger partial charge on any atom is -0.447 e. The lowest BCUT2D eigenvalue weighted by atomic mass is 10.2. The lowest BCUT2D eigenvalue weighted by Gasteiger charge is -2.04. The van der Waals surface area contributed by atoms with E-state index in [0.717, 1.165) is 16.3 Å². The van der Waals surface area contributed by atoms with Gasteiger partial charge in [0, 0.05) is 17.4 Å². The number of furan rings is 1. The Labute approximate surface area is 125 Å². The van der Waals surface area contributed by atoms with E-state index in [1.54, 1.807) is 12.1 Å². The molecular weight excluding hydrogens is 294 g/mol. The molecule has 0 amide bonds. The van der Waals surface area contributed by atoms with Crippen molar-refractivity contribution >= 4 is 22.9 Å². The number of aromatic nitrogens is 1. The maximum atomic E-state index is 10.1. The maximum absolute atomic E-state index is 10.1. The first-order valence-electron chi connectivity index (χ1n) is 6.15. The number of nitrogens with zero attached hydrogens (tertiary/aromatic N) is 1. The molecule has 1 unspecified atom stereocenters. The van der Waals surface area contributed by atoms with Crippen LogP contribution in [-0.2, 0) is 6.42 Å². The molecule has 102 valence electrons.